The van der Waals surface area contributed by atoms with Crippen LogP contribution in [0.15, 0.2) is 24.3 Å². The molecule has 0 aliphatic carbocycles. The van der Waals surface area contributed by atoms with Crippen LogP contribution in [0.25, 0.3) is 0 Å². The van der Waals surface area contributed by atoms with Crippen molar-refractivity contribution in [2.24, 2.45) is 0 Å². The summed E-state index contributed by atoms with van der Waals surface area (Å²) in [4.78, 5) is 0. The number of aliphatic hydroxyl groups is 1. The van der Waals surface area contributed by atoms with Gasteiger partial charge in [-0.3, -0.25) is 0 Å². The van der Waals surface area contributed by atoms with Crippen molar-refractivity contribution in [3.63, 3.8) is 0 Å². The molecule has 0 saturated carbocycles. The zero-order chi connectivity index (χ0) is 13.4. The minimum atomic E-state index is -0.470. The molecule has 1 aromatic carbocycles. The lowest BCUT2D eigenvalue weighted by atomic mass is 10.1. The van der Waals surface area contributed by atoms with Gasteiger partial charge in [-0.1, -0.05) is 45.4 Å². The van der Waals surface area contributed by atoms with Crippen LogP contribution in [0.4, 0.5) is 0 Å². The number of ether oxygens (including phenoxy) is 1. The van der Waals surface area contributed by atoms with Gasteiger partial charge in [0.25, 0.3) is 0 Å². The van der Waals surface area contributed by atoms with Crippen LogP contribution in [0.2, 0.25) is 0 Å². The first-order valence-corrected chi connectivity index (χ1v) is 6.75. The average molecular weight is 251 g/mol. The molecule has 3 nitrogen and oxygen atoms in total. The van der Waals surface area contributed by atoms with Crippen LogP contribution in [0.1, 0.15) is 32.8 Å². The highest BCUT2D eigenvalue weighted by Crippen LogP contribution is 2.19. The van der Waals surface area contributed by atoms with Crippen LogP contribution in [0, 0.1) is 0 Å². The number of benzene rings is 1. The Kier molecular flexibility index (Phi) is 6.76. The van der Waals surface area contributed by atoms with E-state index in [4.69, 9.17) is 4.74 Å². The molecule has 0 amide bonds. The summed E-state index contributed by atoms with van der Waals surface area (Å²) in [6.07, 6.45) is 1.64. The Bertz CT molecular complexity index is 339. The fourth-order valence-electron chi connectivity index (χ4n) is 1.74. The third kappa shape index (κ3) is 5.52. The predicted octanol–water partition coefficient (Wildman–Crippen LogP) is 2.38. The molecule has 2 N–H and O–H groups in total. The second kappa shape index (κ2) is 8.11. The monoisotopic (exact) mass is 251 g/mol. The summed E-state index contributed by atoms with van der Waals surface area (Å²) < 4.78 is 5.69. The molecule has 0 saturated heterocycles. The van der Waals surface area contributed by atoms with Crippen molar-refractivity contribution < 1.29 is 9.84 Å². The second-order valence-corrected chi connectivity index (χ2v) is 4.89. The Balaban J connectivity index is 2.42. The first-order chi connectivity index (χ1) is 8.63. The third-order valence-electron chi connectivity index (χ3n) is 2.68. The van der Waals surface area contributed by atoms with E-state index < -0.39 is 6.10 Å². The maximum Gasteiger partial charge on any atom is 0.122 e. The minimum Gasteiger partial charge on any atom is -0.491 e. The van der Waals surface area contributed by atoms with Gasteiger partial charge < -0.3 is 15.2 Å². The number of aryl methyl sites for hydroxylation is 1. The van der Waals surface area contributed by atoms with E-state index in [1.165, 1.54) is 5.56 Å². The largest absolute Gasteiger partial charge is 0.491 e. The molecule has 3 heteroatoms. The molecule has 0 bridgehead atoms. The number of aliphatic hydroxyl groups excluding tert-OH is 1. The lowest BCUT2D eigenvalue weighted by Gasteiger charge is -2.16. The number of nitrogens with one attached hydrogen (secondary N) is 1. The molecule has 1 atom stereocenters. The zero-order valence-electron chi connectivity index (χ0n) is 11.6. The molecule has 0 aromatic heterocycles. The van der Waals surface area contributed by atoms with E-state index in [9.17, 15) is 5.11 Å². The van der Waals surface area contributed by atoms with E-state index in [0.717, 1.165) is 18.6 Å². The minimum absolute atomic E-state index is 0.334. The van der Waals surface area contributed by atoms with E-state index in [0.29, 0.717) is 19.2 Å². The van der Waals surface area contributed by atoms with Gasteiger partial charge >= 0.3 is 0 Å². The fraction of sp³-hybridized carbons (Fsp3) is 0.600. The molecule has 1 aromatic rings. The molecule has 0 fully saturated rings. The lowest BCUT2D eigenvalue weighted by molar-refractivity contribution is 0.104. The highest BCUT2D eigenvalue weighted by molar-refractivity contribution is 5.33. The van der Waals surface area contributed by atoms with Crippen molar-refractivity contribution >= 4 is 0 Å². The number of hydrogen-bond acceptors (Lipinski definition) is 3. The Morgan fingerprint density at radius 1 is 1.28 bits per heavy atom. The Morgan fingerprint density at radius 3 is 2.67 bits per heavy atom. The van der Waals surface area contributed by atoms with Crippen LogP contribution >= 0.6 is 0 Å². The molecular formula is C15H25NO2. The second-order valence-electron chi connectivity index (χ2n) is 4.89. The Hall–Kier alpha value is -1.06. The Labute approximate surface area is 110 Å². The molecule has 102 valence electrons. The van der Waals surface area contributed by atoms with Gasteiger partial charge in [-0.2, -0.15) is 0 Å². The summed E-state index contributed by atoms with van der Waals surface area (Å²) >= 11 is 0. The van der Waals surface area contributed by atoms with Crippen molar-refractivity contribution in [2.75, 3.05) is 13.2 Å². The van der Waals surface area contributed by atoms with E-state index >= 15 is 0 Å². The average Bonchev–Trinajstić information content (AvgIpc) is 2.35. The lowest BCUT2D eigenvalue weighted by Crippen LogP contribution is -2.35. The van der Waals surface area contributed by atoms with Crippen LogP contribution in [0.3, 0.4) is 0 Å². The van der Waals surface area contributed by atoms with Crippen molar-refractivity contribution in [3.8, 4) is 5.75 Å². The smallest absolute Gasteiger partial charge is 0.122 e. The summed E-state index contributed by atoms with van der Waals surface area (Å²) in [7, 11) is 0. The van der Waals surface area contributed by atoms with E-state index in [2.05, 4.69) is 32.2 Å². The highest BCUT2D eigenvalue weighted by Gasteiger charge is 2.08. The third-order valence-corrected chi connectivity index (χ3v) is 2.68. The molecule has 0 aliphatic heterocycles. The van der Waals surface area contributed by atoms with Gasteiger partial charge in [0.15, 0.2) is 0 Å². The summed E-state index contributed by atoms with van der Waals surface area (Å²) in [5.41, 5.74) is 1.21. The van der Waals surface area contributed by atoms with Gasteiger partial charge in [-0.25, -0.2) is 0 Å². The number of rotatable bonds is 8. The zero-order valence-corrected chi connectivity index (χ0v) is 11.6. The van der Waals surface area contributed by atoms with Crippen molar-refractivity contribution in [2.45, 2.75) is 45.8 Å². The summed E-state index contributed by atoms with van der Waals surface area (Å²) in [6.45, 7) is 7.17. The van der Waals surface area contributed by atoms with Crippen LogP contribution in [-0.2, 0) is 6.42 Å². The molecule has 18 heavy (non-hydrogen) atoms. The van der Waals surface area contributed by atoms with Gasteiger partial charge in [0, 0.05) is 12.6 Å². The fourth-order valence-corrected chi connectivity index (χ4v) is 1.74. The molecular weight excluding hydrogens is 226 g/mol. The SMILES string of the molecule is CCCc1ccccc1OC[C@@H](O)CNC(C)C. The van der Waals surface area contributed by atoms with Crippen LogP contribution in [-0.4, -0.2) is 30.4 Å². The Morgan fingerprint density at radius 2 is 2.00 bits per heavy atom. The summed E-state index contributed by atoms with van der Waals surface area (Å²) in [6, 6.07) is 8.42. The quantitative estimate of drug-likeness (QED) is 0.745. The van der Waals surface area contributed by atoms with Crippen molar-refractivity contribution in [3.05, 3.63) is 29.8 Å². The molecule has 0 radical (unpaired) electrons. The maximum atomic E-state index is 9.79. The molecule has 1 rings (SSSR count). The van der Waals surface area contributed by atoms with E-state index in [1.54, 1.807) is 0 Å². The summed E-state index contributed by atoms with van der Waals surface area (Å²) in [5.74, 6) is 0.892. The molecule has 0 heterocycles. The van der Waals surface area contributed by atoms with Gasteiger partial charge in [-0.15, -0.1) is 0 Å². The van der Waals surface area contributed by atoms with Crippen molar-refractivity contribution in [1.29, 1.82) is 0 Å². The van der Waals surface area contributed by atoms with E-state index in [1.807, 2.05) is 18.2 Å². The van der Waals surface area contributed by atoms with Crippen LogP contribution < -0.4 is 10.1 Å². The topological polar surface area (TPSA) is 41.5 Å². The number of hydrogen-bond donors (Lipinski definition) is 2. The first-order valence-electron chi connectivity index (χ1n) is 6.75. The van der Waals surface area contributed by atoms with Gasteiger partial charge in [0.05, 0.1) is 0 Å². The number of para-hydroxylation sites is 1. The summed E-state index contributed by atoms with van der Waals surface area (Å²) in [5, 5.41) is 13.0. The molecule has 0 aliphatic rings. The van der Waals surface area contributed by atoms with Gasteiger partial charge in [-0.05, 0) is 18.1 Å². The normalized spacial score (nSPS) is 12.7. The van der Waals surface area contributed by atoms with Gasteiger partial charge in [0.2, 0.25) is 0 Å². The van der Waals surface area contributed by atoms with Crippen LogP contribution in [0.5, 0.6) is 5.75 Å². The predicted molar refractivity (Wildman–Crippen MR) is 75.1 cm³/mol. The van der Waals surface area contributed by atoms with E-state index in [-0.39, 0.29) is 0 Å². The highest BCUT2D eigenvalue weighted by atomic mass is 16.5. The molecule has 0 unspecified atom stereocenters. The first kappa shape index (κ1) is 15.0. The standard InChI is InChI=1S/C15H25NO2/c1-4-7-13-8-5-6-9-15(13)18-11-14(17)10-16-12(2)3/h5-6,8-9,12,14,16-17H,4,7,10-11H2,1-3H3/t14-/m0/s1. The van der Waals surface area contributed by atoms with Crippen molar-refractivity contribution in [1.82, 2.24) is 5.32 Å². The maximum absolute atomic E-state index is 9.79. The van der Waals surface area contributed by atoms with Gasteiger partial charge in [0.1, 0.15) is 18.5 Å². The molecule has 0 spiro atoms.